The molecule has 0 aliphatic rings. The first-order chi connectivity index (χ1) is 10.2. The fraction of sp³-hybridized carbons (Fsp3) is 0.643. The molecule has 8 heteroatoms. The number of amides is 1. The van der Waals surface area contributed by atoms with E-state index >= 15 is 0 Å². The molecule has 0 atom stereocenters. The van der Waals surface area contributed by atoms with Gasteiger partial charge in [-0.1, -0.05) is 6.92 Å². The van der Waals surface area contributed by atoms with E-state index in [0.717, 1.165) is 13.0 Å². The molecular weight excluding hydrogens is 306 g/mol. The fourth-order valence-electron chi connectivity index (χ4n) is 1.69. The topological polar surface area (TPSA) is 100 Å². The highest BCUT2D eigenvalue weighted by atomic mass is 32.2. The molecule has 1 aromatic rings. The SMILES string of the molecule is CCCNCCNC(=O)c1ccc(S(=O)(=O)NC(C)(C)C)o1. The van der Waals surface area contributed by atoms with Crippen LogP contribution in [0.2, 0.25) is 0 Å². The van der Waals surface area contributed by atoms with Gasteiger partial charge in [0.1, 0.15) is 0 Å². The average Bonchev–Trinajstić information content (AvgIpc) is 2.86. The molecule has 0 spiro atoms. The van der Waals surface area contributed by atoms with Gasteiger partial charge in [0, 0.05) is 18.6 Å². The molecule has 1 rings (SSSR count). The summed E-state index contributed by atoms with van der Waals surface area (Å²) in [6.07, 6.45) is 1.02. The van der Waals surface area contributed by atoms with Crippen molar-refractivity contribution in [2.45, 2.75) is 44.7 Å². The number of furan rings is 1. The molecule has 0 aliphatic heterocycles. The van der Waals surface area contributed by atoms with Crippen molar-refractivity contribution in [3.8, 4) is 0 Å². The summed E-state index contributed by atoms with van der Waals surface area (Å²) in [6, 6.07) is 2.63. The monoisotopic (exact) mass is 331 g/mol. The van der Waals surface area contributed by atoms with Crippen LogP contribution < -0.4 is 15.4 Å². The van der Waals surface area contributed by atoms with Gasteiger partial charge in [-0.05, 0) is 45.9 Å². The van der Waals surface area contributed by atoms with E-state index in [1.165, 1.54) is 12.1 Å². The minimum atomic E-state index is -3.77. The zero-order chi connectivity index (χ0) is 16.8. The minimum Gasteiger partial charge on any atom is -0.438 e. The molecule has 126 valence electrons. The Balaban J connectivity index is 2.62. The van der Waals surface area contributed by atoms with Gasteiger partial charge in [-0.3, -0.25) is 4.79 Å². The van der Waals surface area contributed by atoms with Crippen LogP contribution >= 0.6 is 0 Å². The number of rotatable bonds is 8. The van der Waals surface area contributed by atoms with E-state index in [1.54, 1.807) is 20.8 Å². The molecule has 0 bridgehead atoms. The van der Waals surface area contributed by atoms with Crippen LogP contribution in [-0.2, 0) is 10.0 Å². The molecule has 0 saturated carbocycles. The smallest absolute Gasteiger partial charge is 0.287 e. The summed E-state index contributed by atoms with van der Waals surface area (Å²) in [5.41, 5.74) is -0.626. The van der Waals surface area contributed by atoms with Gasteiger partial charge < -0.3 is 15.1 Å². The Labute approximate surface area is 131 Å². The lowest BCUT2D eigenvalue weighted by molar-refractivity contribution is 0.0921. The van der Waals surface area contributed by atoms with Crippen molar-refractivity contribution < 1.29 is 17.6 Å². The molecule has 0 unspecified atom stereocenters. The van der Waals surface area contributed by atoms with E-state index < -0.39 is 21.5 Å². The van der Waals surface area contributed by atoms with E-state index in [0.29, 0.717) is 13.1 Å². The quantitative estimate of drug-likeness (QED) is 0.619. The highest BCUT2D eigenvalue weighted by molar-refractivity contribution is 7.89. The van der Waals surface area contributed by atoms with Crippen molar-refractivity contribution >= 4 is 15.9 Å². The van der Waals surface area contributed by atoms with Gasteiger partial charge in [-0.15, -0.1) is 0 Å². The van der Waals surface area contributed by atoms with Crippen LogP contribution in [0, 0.1) is 0 Å². The molecule has 1 heterocycles. The van der Waals surface area contributed by atoms with Crippen LogP contribution in [0.25, 0.3) is 0 Å². The highest BCUT2D eigenvalue weighted by Gasteiger charge is 2.26. The van der Waals surface area contributed by atoms with Crippen LogP contribution in [0.15, 0.2) is 21.6 Å². The summed E-state index contributed by atoms with van der Waals surface area (Å²) < 4.78 is 31.8. The predicted molar refractivity (Wildman–Crippen MR) is 84.3 cm³/mol. The predicted octanol–water partition coefficient (Wildman–Crippen LogP) is 1.09. The first-order valence-electron chi connectivity index (χ1n) is 7.28. The third-order valence-electron chi connectivity index (χ3n) is 2.52. The molecule has 1 amide bonds. The van der Waals surface area contributed by atoms with Crippen molar-refractivity contribution in [3.63, 3.8) is 0 Å². The van der Waals surface area contributed by atoms with Crippen molar-refractivity contribution in [1.29, 1.82) is 0 Å². The van der Waals surface area contributed by atoms with E-state index in [2.05, 4.69) is 22.3 Å². The van der Waals surface area contributed by atoms with Crippen molar-refractivity contribution in [2.75, 3.05) is 19.6 Å². The summed E-state index contributed by atoms with van der Waals surface area (Å²) in [5.74, 6) is -0.458. The number of carbonyl (C=O) groups excluding carboxylic acids is 1. The van der Waals surface area contributed by atoms with Crippen molar-refractivity contribution in [1.82, 2.24) is 15.4 Å². The van der Waals surface area contributed by atoms with Crippen molar-refractivity contribution in [3.05, 3.63) is 17.9 Å². The molecule has 22 heavy (non-hydrogen) atoms. The van der Waals surface area contributed by atoms with Gasteiger partial charge in [0.15, 0.2) is 5.76 Å². The van der Waals surface area contributed by atoms with Gasteiger partial charge >= 0.3 is 0 Å². The molecule has 7 nitrogen and oxygen atoms in total. The summed E-state index contributed by atoms with van der Waals surface area (Å²) in [5, 5.41) is 5.54. The van der Waals surface area contributed by atoms with E-state index in [9.17, 15) is 13.2 Å². The zero-order valence-corrected chi connectivity index (χ0v) is 14.3. The second-order valence-corrected chi connectivity index (χ2v) is 7.59. The van der Waals surface area contributed by atoms with E-state index in [4.69, 9.17) is 4.42 Å². The number of hydrogen-bond acceptors (Lipinski definition) is 5. The lowest BCUT2D eigenvalue weighted by Gasteiger charge is -2.18. The van der Waals surface area contributed by atoms with Gasteiger partial charge in [-0.2, -0.15) is 0 Å². The molecule has 0 saturated heterocycles. The average molecular weight is 331 g/mol. The van der Waals surface area contributed by atoms with Crippen LogP contribution in [-0.4, -0.2) is 39.5 Å². The maximum Gasteiger partial charge on any atom is 0.287 e. The largest absolute Gasteiger partial charge is 0.438 e. The summed E-state index contributed by atoms with van der Waals surface area (Å²) in [7, 11) is -3.77. The highest BCUT2D eigenvalue weighted by Crippen LogP contribution is 2.16. The van der Waals surface area contributed by atoms with Crippen molar-refractivity contribution in [2.24, 2.45) is 0 Å². The third-order valence-corrected chi connectivity index (χ3v) is 4.15. The third kappa shape index (κ3) is 6.17. The van der Waals surface area contributed by atoms with Crippen LogP contribution in [0.1, 0.15) is 44.7 Å². The number of sulfonamides is 1. The van der Waals surface area contributed by atoms with Gasteiger partial charge in [-0.25, -0.2) is 13.1 Å². The standard InChI is InChI=1S/C14H25N3O4S/c1-5-8-15-9-10-16-13(18)11-6-7-12(21-11)22(19,20)17-14(2,3)4/h6-7,15,17H,5,8-10H2,1-4H3,(H,16,18). The molecule has 0 aliphatic carbocycles. The van der Waals surface area contributed by atoms with E-state index in [-0.39, 0.29) is 10.9 Å². The molecular formula is C14H25N3O4S. The zero-order valence-electron chi connectivity index (χ0n) is 13.5. The molecule has 3 N–H and O–H groups in total. The van der Waals surface area contributed by atoms with Gasteiger partial charge in [0.05, 0.1) is 0 Å². The second-order valence-electron chi connectivity index (χ2n) is 5.98. The lowest BCUT2D eigenvalue weighted by atomic mass is 10.1. The Bertz CT molecular complexity index is 587. The Morgan fingerprint density at radius 3 is 2.45 bits per heavy atom. The Morgan fingerprint density at radius 2 is 1.86 bits per heavy atom. The molecule has 1 aromatic heterocycles. The molecule has 0 aromatic carbocycles. The van der Waals surface area contributed by atoms with Gasteiger partial charge in [0.2, 0.25) is 5.09 Å². The number of hydrogen-bond donors (Lipinski definition) is 3. The normalized spacial score (nSPS) is 12.4. The number of nitrogens with one attached hydrogen (secondary N) is 3. The molecule has 0 radical (unpaired) electrons. The van der Waals surface area contributed by atoms with Crippen LogP contribution in [0.4, 0.5) is 0 Å². The Kier molecular flexibility index (Phi) is 6.58. The first kappa shape index (κ1) is 18.7. The van der Waals surface area contributed by atoms with Gasteiger partial charge in [0.25, 0.3) is 15.9 Å². The maximum absolute atomic E-state index is 12.1. The Hall–Kier alpha value is -1.38. The number of carbonyl (C=O) groups is 1. The summed E-state index contributed by atoms with van der Waals surface area (Å²) >= 11 is 0. The molecule has 0 fully saturated rings. The lowest BCUT2D eigenvalue weighted by Crippen LogP contribution is -2.40. The van der Waals surface area contributed by atoms with E-state index in [1.807, 2.05) is 0 Å². The second kappa shape index (κ2) is 7.75. The van der Waals surface area contributed by atoms with Crippen LogP contribution in [0.3, 0.4) is 0 Å². The fourth-order valence-corrected chi connectivity index (χ4v) is 3.05. The van der Waals surface area contributed by atoms with Crippen LogP contribution in [0.5, 0.6) is 0 Å². The summed E-state index contributed by atoms with van der Waals surface area (Å²) in [6.45, 7) is 9.22. The maximum atomic E-state index is 12.1. The Morgan fingerprint density at radius 1 is 1.18 bits per heavy atom. The first-order valence-corrected chi connectivity index (χ1v) is 8.77. The minimum absolute atomic E-state index is 0.0234. The summed E-state index contributed by atoms with van der Waals surface area (Å²) in [4.78, 5) is 11.9.